The van der Waals surface area contributed by atoms with E-state index in [0.29, 0.717) is 17.6 Å². The standard InChI is InChI=1S/C13H17NO.C13H16O2.C9H7F3O2.C6H13N.C6H12O/c15-13(11-7-3-1-4-8-11)14-12-9-5-2-6-10-12;14-13(11-7-3-1-4-8-11)15-12-9-5-2-6-10-12;10-9(11,12)6-14-8(13)7-4-2-1-3-5-7;2*7-6-4-2-1-3-5-6/h1,3-4,7-8,12H,2,5-6,9-10H2,(H,14,15);1,3-4,7-8,12H,2,5-6,9-10H2;1-5H,6H2;6H,1-5,7H2;6-7H,1-5H2. The summed E-state index contributed by atoms with van der Waals surface area (Å²) in [4.78, 5) is 34.5. The molecule has 0 heterocycles. The molecule has 7 rings (SSSR count). The van der Waals surface area contributed by atoms with Crippen molar-refractivity contribution in [1.29, 1.82) is 0 Å². The van der Waals surface area contributed by atoms with E-state index < -0.39 is 18.8 Å². The second-order valence-electron chi connectivity index (χ2n) is 15.5. The molecule has 0 bridgehead atoms. The van der Waals surface area contributed by atoms with Gasteiger partial charge in [0.05, 0.1) is 17.2 Å². The summed E-state index contributed by atoms with van der Waals surface area (Å²) in [6.45, 7) is -1.55. The first-order valence-corrected chi connectivity index (χ1v) is 21.3. The summed E-state index contributed by atoms with van der Waals surface area (Å²) in [5.41, 5.74) is 7.17. The SMILES string of the molecule is NC1CCCCC1.O=C(NC1CCCCC1)c1ccccc1.O=C(OC1CCCCC1)c1ccccc1.O=C(OCC(F)(F)F)c1ccccc1.OC1CCCCC1. The molecule has 0 atom stereocenters. The Labute approximate surface area is 343 Å². The van der Waals surface area contributed by atoms with Crippen LogP contribution in [0, 0.1) is 0 Å². The number of hydrogen-bond acceptors (Lipinski definition) is 7. The monoisotopic (exact) mass is 810 g/mol. The molecule has 4 saturated carbocycles. The second kappa shape index (κ2) is 28.2. The summed E-state index contributed by atoms with van der Waals surface area (Å²) in [6, 6.07) is 27.1. The minimum absolute atomic E-state index is 0.0359. The highest BCUT2D eigenvalue weighted by Crippen LogP contribution is 2.22. The van der Waals surface area contributed by atoms with Crippen molar-refractivity contribution in [2.24, 2.45) is 5.73 Å². The normalized spacial score (nSPS) is 17.7. The lowest BCUT2D eigenvalue weighted by Gasteiger charge is -2.22. The predicted octanol–water partition coefficient (Wildman–Crippen LogP) is 10.9. The van der Waals surface area contributed by atoms with Gasteiger partial charge >= 0.3 is 18.1 Å². The topological polar surface area (TPSA) is 128 Å². The van der Waals surface area contributed by atoms with Gasteiger partial charge in [-0.15, -0.1) is 0 Å². The van der Waals surface area contributed by atoms with E-state index in [1.54, 1.807) is 30.3 Å². The highest BCUT2D eigenvalue weighted by Gasteiger charge is 2.29. The number of amides is 1. The third-order valence-electron chi connectivity index (χ3n) is 10.4. The average molecular weight is 811 g/mol. The van der Waals surface area contributed by atoms with Crippen LogP contribution >= 0.6 is 0 Å². The van der Waals surface area contributed by atoms with Gasteiger partial charge in [0.2, 0.25) is 0 Å². The first-order valence-electron chi connectivity index (χ1n) is 21.3. The Bertz CT molecular complexity index is 1440. The molecule has 4 aliphatic rings. The summed E-state index contributed by atoms with van der Waals surface area (Å²) < 4.78 is 44.4. The Balaban J connectivity index is 0.000000201. The Morgan fingerprint density at radius 2 is 0.966 bits per heavy atom. The molecule has 0 aromatic heterocycles. The molecule has 0 aliphatic heterocycles. The zero-order chi connectivity index (χ0) is 41.9. The number of alkyl halides is 3. The van der Waals surface area contributed by atoms with Gasteiger partial charge in [-0.1, -0.05) is 119 Å². The maximum absolute atomic E-state index is 11.8. The van der Waals surface area contributed by atoms with E-state index in [2.05, 4.69) is 10.1 Å². The molecule has 0 spiro atoms. The van der Waals surface area contributed by atoms with E-state index in [-0.39, 0.29) is 29.6 Å². The minimum atomic E-state index is -4.48. The lowest BCUT2D eigenvalue weighted by atomic mass is 9.95. The molecule has 4 fully saturated rings. The fraction of sp³-hybridized carbons (Fsp3) is 0.553. The number of halogens is 3. The molecule has 320 valence electrons. The van der Waals surface area contributed by atoms with Gasteiger partial charge in [-0.25, -0.2) is 9.59 Å². The van der Waals surface area contributed by atoms with Crippen molar-refractivity contribution in [3.63, 3.8) is 0 Å². The second-order valence-corrected chi connectivity index (χ2v) is 15.5. The van der Waals surface area contributed by atoms with Crippen LogP contribution in [0.4, 0.5) is 13.2 Å². The van der Waals surface area contributed by atoms with Crippen LogP contribution in [0.5, 0.6) is 0 Å². The number of carbonyl (C=O) groups excluding carboxylic acids is 3. The summed E-state index contributed by atoms with van der Waals surface area (Å²) in [5.74, 6) is -1.08. The van der Waals surface area contributed by atoms with Gasteiger partial charge in [0.25, 0.3) is 5.91 Å². The molecule has 3 aromatic carbocycles. The predicted molar refractivity (Wildman–Crippen MR) is 222 cm³/mol. The van der Waals surface area contributed by atoms with Gasteiger partial charge in [-0.05, 0) is 101 Å². The lowest BCUT2D eigenvalue weighted by Crippen LogP contribution is -2.36. The molecular weight excluding hydrogens is 746 g/mol. The Hall–Kier alpha value is -4.22. The van der Waals surface area contributed by atoms with Crippen molar-refractivity contribution in [2.75, 3.05) is 6.61 Å². The molecule has 3 aromatic rings. The Kier molecular flexibility index (Phi) is 23.5. The zero-order valence-corrected chi connectivity index (χ0v) is 34.0. The van der Waals surface area contributed by atoms with E-state index in [9.17, 15) is 27.6 Å². The van der Waals surface area contributed by atoms with Gasteiger partial charge in [0.15, 0.2) is 6.61 Å². The molecule has 8 nitrogen and oxygen atoms in total. The summed E-state index contributed by atoms with van der Waals surface area (Å²) in [5, 5.41) is 12.0. The summed E-state index contributed by atoms with van der Waals surface area (Å²) in [6.07, 6.45) is 20.0. The third kappa shape index (κ3) is 22.1. The van der Waals surface area contributed by atoms with E-state index >= 15 is 0 Å². The third-order valence-corrected chi connectivity index (χ3v) is 10.4. The molecule has 0 unspecified atom stereocenters. The number of nitrogens with two attached hydrogens (primary N) is 1. The van der Waals surface area contributed by atoms with Crippen LogP contribution in [0.3, 0.4) is 0 Å². The van der Waals surface area contributed by atoms with Gasteiger partial charge in [-0.2, -0.15) is 13.2 Å². The van der Waals surface area contributed by atoms with Crippen LogP contribution in [0.15, 0.2) is 91.0 Å². The van der Waals surface area contributed by atoms with Crippen molar-refractivity contribution >= 4 is 17.8 Å². The fourth-order valence-corrected chi connectivity index (χ4v) is 7.10. The molecule has 0 saturated heterocycles. The number of aliphatic hydroxyl groups excluding tert-OH is 1. The molecule has 0 radical (unpaired) electrons. The molecule has 58 heavy (non-hydrogen) atoms. The molecule has 4 aliphatic carbocycles. The molecule has 1 amide bonds. The fourth-order valence-electron chi connectivity index (χ4n) is 7.10. The maximum Gasteiger partial charge on any atom is 0.422 e. The number of rotatable bonds is 6. The van der Waals surface area contributed by atoms with Crippen LogP contribution in [-0.2, 0) is 9.47 Å². The first kappa shape index (κ1) is 48.2. The van der Waals surface area contributed by atoms with Gasteiger partial charge in [0.1, 0.15) is 6.10 Å². The number of esters is 2. The highest BCUT2D eigenvalue weighted by atomic mass is 19.4. The van der Waals surface area contributed by atoms with E-state index in [1.807, 2.05) is 48.5 Å². The Morgan fingerprint density at radius 3 is 1.36 bits per heavy atom. The van der Waals surface area contributed by atoms with Crippen LogP contribution in [0.1, 0.15) is 159 Å². The van der Waals surface area contributed by atoms with Crippen molar-refractivity contribution < 1.29 is 42.1 Å². The van der Waals surface area contributed by atoms with Crippen LogP contribution < -0.4 is 11.1 Å². The number of aliphatic hydroxyl groups is 1. The lowest BCUT2D eigenvalue weighted by molar-refractivity contribution is -0.161. The van der Waals surface area contributed by atoms with Crippen LogP contribution in [0.2, 0.25) is 0 Å². The number of benzene rings is 3. The summed E-state index contributed by atoms with van der Waals surface area (Å²) >= 11 is 0. The summed E-state index contributed by atoms with van der Waals surface area (Å²) in [7, 11) is 0. The smallest absolute Gasteiger partial charge is 0.422 e. The minimum Gasteiger partial charge on any atom is -0.459 e. The molecule has 4 N–H and O–H groups in total. The van der Waals surface area contributed by atoms with Gasteiger partial charge in [0, 0.05) is 17.6 Å². The van der Waals surface area contributed by atoms with Crippen molar-refractivity contribution in [3.05, 3.63) is 108 Å². The van der Waals surface area contributed by atoms with Gasteiger partial charge in [-0.3, -0.25) is 4.79 Å². The average Bonchev–Trinajstić information content (AvgIpc) is 3.26. The van der Waals surface area contributed by atoms with E-state index in [4.69, 9.17) is 15.6 Å². The number of carbonyl (C=O) groups is 3. The van der Waals surface area contributed by atoms with Gasteiger partial charge < -0.3 is 25.6 Å². The zero-order valence-electron chi connectivity index (χ0n) is 34.0. The number of nitrogens with one attached hydrogen (secondary N) is 1. The number of hydrogen-bond donors (Lipinski definition) is 3. The van der Waals surface area contributed by atoms with Crippen LogP contribution in [-0.4, -0.2) is 60.0 Å². The first-order chi connectivity index (χ1) is 28.0. The Morgan fingerprint density at radius 1 is 0.569 bits per heavy atom. The molecule has 11 heteroatoms. The van der Waals surface area contributed by atoms with E-state index in [0.717, 1.165) is 44.1 Å². The number of ether oxygens (including phenoxy) is 2. The van der Waals surface area contributed by atoms with Crippen molar-refractivity contribution in [3.8, 4) is 0 Å². The van der Waals surface area contributed by atoms with Crippen molar-refractivity contribution in [1.82, 2.24) is 5.32 Å². The quantitative estimate of drug-likeness (QED) is 0.212. The van der Waals surface area contributed by atoms with Crippen molar-refractivity contribution in [2.45, 2.75) is 159 Å². The maximum atomic E-state index is 11.8. The van der Waals surface area contributed by atoms with Crippen LogP contribution in [0.25, 0.3) is 0 Å². The molecular formula is C47H65F3N2O6. The highest BCUT2D eigenvalue weighted by molar-refractivity contribution is 5.94. The van der Waals surface area contributed by atoms with E-state index in [1.165, 1.54) is 102 Å². The largest absolute Gasteiger partial charge is 0.459 e.